The monoisotopic (exact) mass is 210 g/mol. The Bertz CT molecular complexity index is 662. The number of hydrogen-bond donors (Lipinski definition) is 0. The maximum Gasteiger partial charge on any atom is 0.135 e. The first-order chi connectivity index (χ1) is 7.79. The summed E-state index contributed by atoms with van der Waals surface area (Å²) in [6.07, 6.45) is 1.05. The maximum absolute atomic E-state index is 5.85. The van der Waals surface area contributed by atoms with Crippen LogP contribution in [-0.4, -0.2) is 0 Å². The summed E-state index contributed by atoms with van der Waals surface area (Å²) in [7, 11) is 0. The van der Waals surface area contributed by atoms with E-state index in [2.05, 4.69) is 38.1 Å². The maximum atomic E-state index is 5.85. The van der Waals surface area contributed by atoms with Crippen LogP contribution >= 0.6 is 0 Å². The SMILES string of the molecule is CCc1cc2oc3ccccc3c2cc1C. The number of hydrogen-bond acceptors (Lipinski definition) is 1. The van der Waals surface area contributed by atoms with Crippen LogP contribution in [0.4, 0.5) is 0 Å². The van der Waals surface area contributed by atoms with Crippen molar-refractivity contribution in [1.82, 2.24) is 0 Å². The summed E-state index contributed by atoms with van der Waals surface area (Å²) < 4.78 is 5.85. The number of aryl methyl sites for hydroxylation is 2. The molecule has 2 aromatic carbocycles. The number of benzene rings is 2. The molecule has 0 aliphatic carbocycles. The van der Waals surface area contributed by atoms with Crippen LogP contribution in [0.15, 0.2) is 40.8 Å². The van der Waals surface area contributed by atoms with Crippen molar-refractivity contribution in [2.24, 2.45) is 0 Å². The minimum atomic E-state index is 0.977. The molecule has 0 bridgehead atoms. The summed E-state index contributed by atoms with van der Waals surface area (Å²) in [5.74, 6) is 0. The van der Waals surface area contributed by atoms with E-state index in [4.69, 9.17) is 4.42 Å². The Hall–Kier alpha value is -1.76. The van der Waals surface area contributed by atoms with Gasteiger partial charge >= 0.3 is 0 Å². The Labute approximate surface area is 94.7 Å². The molecule has 1 heterocycles. The first-order valence-corrected chi connectivity index (χ1v) is 5.70. The summed E-state index contributed by atoms with van der Waals surface area (Å²) in [5.41, 5.74) is 4.70. The fraction of sp³-hybridized carbons (Fsp3) is 0.200. The topological polar surface area (TPSA) is 13.1 Å². The van der Waals surface area contributed by atoms with E-state index in [-0.39, 0.29) is 0 Å². The third kappa shape index (κ3) is 1.25. The second-order valence-corrected chi connectivity index (χ2v) is 4.23. The van der Waals surface area contributed by atoms with Gasteiger partial charge in [-0.1, -0.05) is 25.1 Å². The minimum absolute atomic E-state index is 0.977. The molecule has 1 nitrogen and oxygen atoms in total. The van der Waals surface area contributed by atoms with Gasteiger partial charge in [0.1, 0.15) is 11.2 Å². The fourth-order valence-corrected chi connectivity index (χ4v) is 2.30. The van der Waals surface area contributed by atoms with Gasteiger partial charge in [-0.3, -0.25) is 0 Å². The van der Waals surface area contributed by atoms with E-state index in [0.717, 1.165) is 17.6 Å². The second-order valence-electron chi connectivity index (χ2n) is 4.23. The van der Waals surface area contributed by atoms with Gasteiger partial charge in [0.15, 0.2) is 0 Å². The molecule has 0 saturated heterocycles. The van der Waals surface area contributed by atoms with Crippen LogP contribution < -0.4 is 0 Å². The number of rotatable bonds is 1. The molecular weight excluding hydrogens is 196 g/mol. The lowest BCUT2D eigenvalue weighted by Crippen LogP contribution is -1.84. The van der Waals surface area contributed by atoms with Gasteiger partial charge in [0.2, 0.25) is 0 Å². The molecule has 0 unspecified atom stereocenters. The van der Waals surface area contributed by atoms with Crippen LogP contribution in [0.5, 0.6) is 0 Å². The Morgan fingerprint density at radius 3 is 2.62 bits per heavy atom. The highest BCUT2D eigenvalue weighted by Gasteiger charge is 2.08. The van der Waals surface area contributed by atoms with Crippen molar-refractivity contribution in [3.05, 3.63) is 47.5 Å². The number of furan rings is 1. The first-order valence-electron chi connectivity index (χ1n) is 5.70. The molecule has 1 heteroatoms. The van der Waals surface area contributed by atoms with E-state index < -0.39 is 0 Å². The lowest BCUT2D eigenvalue weighted by molar-refractivity contribution is 0.668. The Balaban J connectivity index is 2.46. The lowest BCUT2D eigenvalue weighted by Gasteiger charge is -2.01. The highest BCUT2D eigenvalue weighted by atomic mass is 16.3. The van der Waals surface area contributed by atoms with E-state index in [9.17, 15) is 0 Å². The summed E-state index contributed by atoms with van der Waals surface area (Å²) in [6.45, 7) is 4.34. The zero-order valence-electron chi connectivity index (χ0n) is 9.58. The normalized spacial score (nSPS) is 11.4. The van der Waals surface area contributed by atoms with Crippen molar-refractivity contribution in [2.45, 2.75) is 20.3 Å². The molecule has 0 radical (unpaired) electrons. The van der Waals surface area contributed by atoms with Crippen molar-refractivity contribution >= 4 is 21.9 Å². The largest absolute Gasteiger partial charge is 0.456 e. The minimum Gasteiger partial charge on any atom is -0.456 e. The highest BCUT2D eigenvalue weighted by molar-refractivity contribution is 6.05. The van der Waals surface area contributed by atoms with Crippen molar-refractivity contribution < 1.29 is 4.42 Å². The molecule has 0 fully saturated rings. The van der Waals surface area contributed by atoms with Crippen molar-refractivity contribution in [3.8, 4) is 0 Å². The molecule has 16 heavy (non-hydrogen) atoms. The fourth-order valence-electron chi connectivity index (χ4n) is 2.30. The standard InChI is InChI=1S/C15H14O/c1-3-11-9-15-13(8-10(11)2)12-6-4-5-7-14(12)16-15/h4-9H,3H2,1-2H3. The van der Waals surface area contributed by atoms with E-state index >= 15 is 0 Å². The molecule has 0 atom stereocenters. The summed E-state index contributed by atoms with van der Waals surface area (Å²) in [6, 6.07) is 12.6. The van der Waals surface area contributed by atoms with Gasteiger partial charge in [-0.15, -0.1) is 0 Å². The molecule has 0 saturated carbocycles. The molecule has 80 valence electrons. The average molecular weight is 210 g/mol. The van der Waals surface area contributed by atoms with Gasteiger partial charge < -0.3 is 4.42 Å². The third-order valence-corrected chi connectivity index (χ3v) is 3.22. The Morgan fingerprint density at radius 2 is 1.81 bits per heavy atom. The van der Waals surface area contributed by atoms with Crippen LogP contribution in [0.2, 0.25) is 0 Å². The molecular formula is C15H14O. The summed E-state index contributed by atoms with van der Waals surface area (Å²) in [4.78, 5) is 0. The predicted molar refractivity (Wildman–Crippen MR) is 67.8 cm³/mol. The number of para-hydroxylation sites is 1. The van der Waals surface area contributed by atoms with Crippen LogP contribution in [0.3, 0.4) is 0 Å². The molecule has 0 amide bonds. The molecule has 0 N–H and O–H groups in total. The molecule has 3 aromatic rings. The van der Waals surface area contributed by atoms with Gasteiger partial charge in [-0.05, 0) is 42.7 Å². The third-order valence-electron chi connectivity index (χ3n) is 3.22. The van der Waals surface area contributed by atoms with Gasteiger partial charge in [0.25, 0.3) is 0 Å². The lowest BCUT2D eigenvalue weighted by atomic mass is 10.0. The van der Waals surface area contributed by atoms with Gasteiger partial charge in [0, 0.05) is 10.8 Å². The molecule has 1 aromatic heterocycles. The van der Waals surface area contributed by atoms with Crippen molar-refractivity contribution in [2.75, 3.05) is 0 Å². The first kappa shape index (κ1) is 9.46. The van der Waals surface area contributed by atoms with Crippen LogP contribution in [0, 0.1) is 6.92 Å². The smallest absolute Gasteiger partial charge is 0.135 e. The number of fused-ring (bicyclic) bond motifs is 3. The van der Waals surface area contributed by atoms with Crippen molar-refractivity contribution in [1.29, 1.82) is 0 Å². The Kier molecular flexibility index (Phi) is 2.00. The molecule has 0 aliphatic heterocycles. The van der Waals surface area contributed by atoms with E-state index in [1.807, 2.05) is 12.1 Å². The van der Waals surface area contributed by atoms with Gasteiger partial charge in [-0.25, -0.2) is 0 Å². The van der Waals surface area contributed by atoms with E-state index in [1.54, 1.807) is 0 Å². The molecule has 0 spiro atoms. The highest BCUT2D eigenvalue weighted by Crippen LogP contribution is 2.30. The molecule has 0 aliphatic rings. The second kappa shape index (κ2) is 3.38. The van der Waals surface area contributed by atoms with E-state index in [1.165, 1.54) is 21.9 Å². The van der Waals surface area contributed by atoms with Crippen LogP contribution in [0.1, 0.15) is 18.1 Å². The van der Waals surface area contributed by atoms with Crippen molar-refractivity contribution in [3.63, 3.8) is 0 Å². The zero-order valence-corrected chi connectivity index (χ0v) is 9.58. The Morgan fingerprint density at radius 1 is 1.00 bits per heavy atom. The van der Waals surface area contributed by atoms with E-state index in [0.29, 0.717) is 0 Å². The van der Waals surface area contributed by atoms with Gasteiger partial charge in [0.05, 0.1) is 0 Å². The average Bonchev–Trinajstić information content (AvgIpc) is 2.66. The summed E-state index contributed by atoms with van der Waals surface area (Å²) >= 11 is 0. The van der Waals surface area contributed by atoms with Gasteiger partial charge in [-0.2, -0.15) is 0 Å². The summed E-state index contributed by atoms with van der Waals surface area (Å²) in [5, 5.41) is 2.44. The van der Waals surface area contributed by atoms with Crippen LogP contribution in [0.25, 0.3) is 21.9 Å². The van der Waals surface area contributed by atoms with Crippen LogP contribution in [-0.2, 0) is 6.42 Å². The predicted octanol–water partition coefficient (Wildman–Crippen LogP) is 4.46. The quantitative estimate of drug-likeness (QED) is 0.578. The molecule has 3 rings (SSSR count). The zero-order chi connectivity index (χ0) is 11.1.